The molecule has 0 aliphatic carbocycles. The molecular weight excluding hydrogens is 236 g/mol. The van der Waals surface area contributed by atoms with Crippen molar-refractivity contribution in [3.8, 4) is 11.1 Å². The summed E-state index contributed by atoms with van der Waals surface area (Å²) in [6.45, 7) is 6.38. The molecule has 2 heteroatoms. The monoisotopic (exact) mass is 256 g/mol. The summed E-state index contributed by atoms with van der Waals surface area (Å²) in [6, 6.07) is 20.8. The van der Waals surface area contributed by atoms with Crippen LogP contribution < -0.4 is 0 Å². The van der Waals surface area contributed by atoms with Crippen LogP contribution >= 0.6 is 0 Å². The quantitative estimate of drug-likeness (QED) is 0.600. The fourth-order valence-corrected chi connectivity index (χ4v) is 1.86. The van der Waals surface area contributed by atoms with Gasteiger partial charge in [-0.25, -0.2) is 0 Å². The Balaban J connectivity index is 0.000000232. The Hall–Kier alpha value is -1.64. The van der Waals surface area contributed by atoms with Crippen molar-refractivity contribution < 1.29 is 4.43 Å². The lowest BCUT2D eigenvalue weighted by Crippen LogP contribution is -1.91. The lowest BCUT2D eigenvalue weighted by molar-refractivity contribution is 0.367. The van der Waals surface area contributed by atoms with E-state index in [9.17, 15) is 0 Å². The van der Waals surface area contributed by atoms with Crippen LogP contribution in [0.25, 0.3) is 11.1 Å². The Morgan fingerprint density at radius 2 is 1.39 bits per heavy atom. The van der Waals surface area contributed by atoms with Crippen LogP contribution in [-0.4, -0.2) is 16.4 Å². The second kappa shape index (κ2) is 9.39. The molecule has 1 nitrogen and oxygen atoms in total. The van der Waals surface area contributed by atoms with Crippen LogP contribution in [0.4, 0.5) is 0 Å². The van der Waals surface area contributed by atoms with Gasteiger partial charge in [0.2, 0.25) is 0 Å². The minimum absolute atomic E-state index is 0.314. The van der Waals surface area contributed by atoms with E-state index in [0.717, 1.165) is 6.61 Å². The van der Waals surface area contributed by atoms with Gasteiger partial charge in [0.1, 0.15) is 0 Å². The van der Waals surface area contributed by atoms with Crippen LogP contribution in [0.5, 0.6) is 0 Å². The number of rotatable bonds is 4. The molecule has 0 heterocycles. The first-order valence-electron chi connectivity index (χ1n) is 6.17. The van der Waals surface area contributed by atoms with Gasteiger partial charge in [0.15, 0.2) is 9.76 Å². The summed E-state index contributed by atoms with van der Waals surface area (Å²) in [7, 11) is -0.314. The predicted octanol–water partition coefficient (Wildman–Crippen LogP) is 3.60. The molecule has 0 aliphatic heterocycles. The molecule has 0 spiro atoms. The van der Waals surface area contributed by atoms with Crippen molar-refractivity contribution in [1.82, 2.24) is 0 Å². The number of hydrogen-bond donors (Lipinski definition) is 0. The Bertz CT molecular complexity index is 388. The highest BCUT2D eigenvalue weighted by Gasteiger charge is 1.91. The zero-order valence-corrected chi connectivity index (χ0v) is 12.3. The molecule has 2 rings (SSSR count). The fourth-order valence-electron chi connectivity index (χ4n) is 1.46. The summed E-state index contributed by atoms with van der Waals surface area (Å²) in [5.74, 6) is 0. The number of hydrogen-bond acceptors (Lipinski definition) is 1. The molecule has 0 atom stereocenters. The van der Waals surface area contributed by atoms with E-state index < -0.39 is 0 Å². The zero-order chi connectivity index (χ0) is 13.1. The smallest absolute Gasteiger partial charge is 0.184 e. The summed E-state index contributed by atoms with van der Waals surface area (Å²) < 4.78 is 5.00. The molecule has 0 aliphatic rings. The molecule has 0 saturated heterocycles. The van der Waals surface area contributed by atoms with Crippen molar-refractivity contribution in [2.45, 2.75) is 6.92 Å². The van der Waals surface area contributed by atoms with Crippen LogP contribution in [0.1, 0.15) is 6.92 Å². The fraction of sp³-hybridized carbons (Fsp3) is 0.125. The van der Waals surface area contributed by atoms with E-state index in [-0.39, 0.29) is 9.76 Å². The average Bonchev–Trinajstić information content (AvgIpc) is 2.48. The SMILES string of the molecule is C=C[SiH2]OCC.c1ccc(-c2ccccc2)cc1. The van der Waals surface area contributed by atoms with Gasteiger partial charge in [-0.2, -0.15) is 0 Å². The van der Waals surface area contributed by atoms with Gasteiger partial charge in [0, 0.05) is 6.61 Å². The van der Waals surface area contributed by atoms with E-state index in [4.69, 9.17) is 4.43 Å². The first-order valence-corrected chi connectivity index (χ1v) is 7.57. The van der Waals surface area contributed by atoms with Gasteiger partial charge in [0.25, 0.3) is 0 Å². The van der Waals surface area contributed by atoms with E-state index in [1.54, 1.807) is 0 Å². The average molecular weight is 256 g/mol. The highest BCUT2D eigenvalue weighted by atomic mass is 28.2. The molecule has 2 aromatic carbocycles. The van der Waals surface area contributed by atoms with Crippen LogP contribution in [0.15, 0.2) is 72.9 Å². The molecule has 0 saturated carbocycles. The maximum atomic E-state index is 5.00. The molecule has 0 unspecified atom stereocenters. The van der Waals surface area contributed by atoms with Gasteiger partial charge in [-0.3, -0.25) is 0 Å². The number of benzene rings is 2. The largest absolute Gasteiger partial charge is 0.419 e. The van der Waals surface area contributed by atoms with Crippen molar-refractivity contribution in [3.05, 3.63) is 72.9 Å². The predicted molar refractivity (Wildman–Crippen MR) is 82.2 cm³/mol. The summed E-state index contributed by atoms with van der Waals surface area (Å²) in [4.78, 5) is 0. The molecule has 0 N–H and O–H groups in total. The van der Waals surface area contributed by atoms with Crippen molar-refractivity contribution >= 4 is 9.76 Å². The summed E-state index contributed by atoms with van der Waals surface area (Å²) in [6.07, 6.45) is 0. The standard InChI is InChI=1S/C12H10.C4H10OSi/c1-3-7-11(8-4-1)12-9-5-2-6-10-12;1-3-5-6-4-2/h1-10H;4H,2-3,6H2,1H3. The van der Waals surface area contributed by atoms with E-state index in [1.807, 2.05) is 24.8 Å². The zero-order valence-electron chi connectivity index (χ0n) is 10.9. The summed E-state index contributed by atoms with van der Waals surface area (Å²) in [5.41, 5.74) is 4.43. The van der Waals surface area contributed by atoms with Gasteiger partial charge in [0.05, 0.1) is 0 Å². The molecular formula is C16H20OSi. The first kappa shape index (κ1) is 14.4. The van der Waals surface area contributed by atoms with Crippen LogP contribution in [0, 0.1) is 0 Å². The van der Waals surface area contributed by atoms with Crippen molar-refractivity contribution in [2.75, 3.05) is 6.61 Å². The third-order valence-electron chi connectivity index (χ3n) is 2.32. The lowest BCUT2D eigenvalue weighted by atomic mass is 10.1. The Kier molecular flexibility index (Phi) is 7.52. The summed E-state index contributed by atoms with van der Waals surface area (Å²) in [5, 5.41) is 0. The Morgan fingerprint density at radius 1 is 0.944 bits per heavy atom. The van der Waals surface area contributed by atoms with Gasteiger partial charge in [-0.05, 0) is 18.1 Å². The third kappa shape index (κ3) is 5.62. The second-order valence-corrected chi connectivity index (χ2v) is 5.00. The third-order valence-corrected chi connectivity index (χ3v) is 3.20. The topological polar surface area (TPSA) is 9.23 Å². The maximum absolute atomic E-state index is 5.00. The second-order valence-electron chi connectivity index (χ2n) is 3.68. The van der Waals surface area contributed by atoms with Gasteiger partial charge >= 0.3 is 0 Å². The first-order chi connectivity index (χ1) is 8.88. The molecule has 2 aromatic rings. The van der Waals surface area contributed by atoms with Crippen molar-refractivity contribution in [3.63, 3.8) is 0 Å². The molecule has 0 aromatic heterocycles. The van der Waals surface area contributed by atoms with Crippen molar-refractivity contribution in [1.29, 1.82) is 0 Å². The Morgan fingerprint density at radius 3 is 1.67 bits per heavy atom. The van der Waals surface area contributed by atoms with Crippen molar-refractivity contribution in [2.24, 2.45) is 0 Å². The Labute approximate surface area is 112 Å². The van der Waals surface area contributed by atoms with E-state index in [0.29, 0.717) is 0 Å². The van der Waals surface area contributed by atoms with E-state index in [1.165, 1.54) is 11.1 Å². The molecule has 0 radical (unpaired) electrons. The summed E-state index contributed by atoms with van der Waals surface area (Å²) >= 11 is 0. The van der Waals surface area contributed by atoms with Crippen LogP contribution in [0.2, 0.25) is 0 Å². The normalized spacial score (nSPS) is 9.83. The van der Waals surface area contributed by atoms with E-state index in [2.05, 4.69) is 55.1 Å². The van der Waals surface area contributed by atoms with Gasteiger partial charge in [-0.15, -0.1) is 6.58 Å². The minimum atomic E-state index is -0.314. The minimum Gasteiger partial charge on any atom is -0.419 e. The molecule has 0 amide bonds. The van der Waals surface area contributed by atoms with Gasteiger partial charge < -0.3 is 4.43 Å². The molecule has 94 valence electrons. The molecule has 0 fully saturated rings. The highest BCUT2D eigenvalue weighted by Crippen LogP contribution is 2.17. The maximum Gasteiger partial charge on any atom is 0.184 e. The van der Waals surface area contributed by atoms with Gasteiger partial charge in [-0.1, -0.05) is 66.4 Å². The lowest BCUT2D eigenvalue weighted by Gasteiger charge is -1.98. The van der Waals surface area contributed by atoms with Crippen LogP contribution in [-0.2, 0) is 4.43 Å². The molecule has 0 bridgehead atoms. The van der Waals surface area contributed by atoms with E-state index >= 15 is 0 Å². The van der Waals surface area contributed by atoms with Crippen LogP contribution in [0.3, 0.4) is 0 Å². The molecule has 18 heavy (non-hydrogen) atoms. The highest BCUT2D eigenvalue weighted by molar-refractivity contribution is 6.33.